The molecule has 0 spiro atoms. The summed E-state index contributed by atoms with van der Waals surface area (Å²) in [5, 5.41) is 0.866. The van der Waals surface area contributed by atoms with Crippen molar-refractivity contribution in [2.45, 2.75) is 6.92 Å². The van der Waals surface area contributed by atoms with Crippen LogP contribution in [0.3, 0.4) is 0 Å². The van der Waals surface area contributed by atoms with Crippen LogP contribution in [0.2, 0.25) is 0 Å². The second-order valence-corrected chi connectivity index (χ2v) is 4.60. The number of rotatable bonds is 2. The van der Waals surface area contributed by atoms with Crippen LogP contribution in [-0.2, 0) is 0 Å². The first-order chi connectivity index (χ1) is 9.63. The van der Waals surface area contributed by atoms with Gasteiger partial charge in [-0.05, 0) is 55.0 Å². The smallest absolute Gasteiger partial charge is 0.138 e. The number of aryl methyl sites for hydroxylation is 1. The van der Waals surface area contributed by atoms with Crippen LogP contribution in [0.4, 0.5) is 10.1 Å². The van der Waals surface area contributed by atoms with Crippen LogP contribution in [-0.4, -0.2) is 4.98 Å². The van der Waals surface area contributed by atoms with Crippen molar-refractivity contribution in [1.82, 2.24) is 4.98 Å². The number of benzene rings is 2. The molecule has 2 aromatic carbocycles. The van der Waals surface area contributed by atoms with E-state index < -0.39 is 0 Å². The molecule has 4 heteroatoms. The van der Waals surface area contributed by atoms with Crippen LogP contribution in [0.15, 0.2) is 48.7 Å². The van der Waals surface area contributed by atoms with Crippen molar-refractivity contribution in [3.05, 3.63) is 60.0 Å². The van der Waals surface area contributed by atoms with E-state index in [0.29, 0.717) is 17.2 Å². The van der Waals surface area contributed by atoms with Gasteiger partial charge in [0.2, 0.25) is 0 Å². The minimum Gasteiger partial charge on any atom is -0.456 e. The highest BCUT2D eigenvalue weighted by Crippen LogP contribution is 2.31. The summed E-state index contributed by atoms with van der Waals surface area (Å²) in [4.78, 5) is 4.26. The quantitative estimate of drug-likeness (QED) is 0.713. The fourth-order valence-electron chi connectivity index (χ4n) is 2.07. The molecule has 2 N–H and O–H groups in total. The molecule has 0 bridgehead atoms. The van der Waals surface area contributed by atoms with Gasteiger partial charge in [0.1, 0.15) is 17.3 Å². The molecule has 0 fully saturated rings. The molecule has 0 aliphatic heterocycles. The number of fused-ring (bicyclic) bond motifs is 1. The molecule has 0 saturated carbocycles. The normalized spacial score (nSPS) is 10.7. The maximum Gasteiger partial charge on any atom is 0.138 e. The minimum atomic E-state index is -0.276. The van der Waals surface area contributed by atoms with Crippen molar-refractivity contribution in [2.75, 3.05) is 5.73 Å². The first kappa shape index (κ1) is 12.4. The molecule has 3 nitrogen and oxygen atoms in total. The van der Waals surface area contributed by atoms with Gasteiger partial charge in [-0.2, -0.15) is 0 Å². The van der Waals surface area contributed by atoms with E-state index in [-0.39, 0.29) is 5.82 Å². The lowest BCUT2D eigenvalue weighted by Crippen LogP contribution is -1.92. The zero-order chi connectivity index (χ0) is 14.1. The van der Waals surface area contributed by atoms with Gasteiger partial charge in [-0.15, -0.1) is 0 Å². The van der Waals surface area contributed by atoms with Crippen molar-refractivity contribution in [3.8, 4) is 11.5 Å². The lowest BCUT2D eigenvalue weighted by atomic mass is 10.2. The highest BCUT2D eigenvalue weighted by atomic mass is 19.1. The van der Waals surface area contributed by atoms with Gasteiger partial charge in [-0.1, -0.05) is 0 Å². The highest BCUT2D eigenvalue weighted by molar-refractivity contribution is 5.87. The van der Waals surface area contributed by atoms with E-state index in [1.807, 2.05) is 6.07 Å². The predicted molar refractivity (Wildman–Crippen MR) is 77.4 cm³/mol. The number of halogens is 1. The van der Waals surface area contributed by atoms with Crippen LogP contribution >= 0.6 is 0 Å². The van der Waals surface area contributed by atoms with Gasteiger partial charge in [0, 0.05) is 17.3 Å². The van der Waals surface area contributed by atoms with Gasteiger partial charge in [0.05, 0.1) is 5.52 Å². The summed E-state index contributed by atoms with van der Waals surface area (Å²) in [7, 11) is 0. The molecule has 3 rings (SSSR count). The average molecular weight is 268 g/mol. The molecular formula is C16H13FN2O. The number of aromatic nitrogens is 1. The lowest BCUT2D eigenvalue weighted by molar-refractivity contribution is 0.481. The molecule has 0 unspecified atom stereocenters. The first-order valence-electron chi connectivity index (χ1n) is 6.22. The molecule has 0 atom stereocenters. The third-order valence-corrected chi connectivity index (χ3v) is 3.08. The zero-order valence-corrected chi connectivity index (χ0v) is 10.9. The molecule has 1 aromatic heterocycles. The molecule has 0 saturated heterocycles. The number of nitrogen functional groups attached to an aromatic ring is 1. The molecule has 0 amide bonds. The lowest BCUT2D eigenvalue weighted by Gasteiger charge is -2.11. The molecule has 20 heavy (non-hydrogen) atoms. The van der Waals surface area contributed by atoms with Gasteiger partial charge in [0.25, 0.3) is 0 Å². The van der Waals surface area contributed by atoms with Gasteiger partial charge < -0.3 is 10.5 Å². The first-order valence-corrected chi connectivity index (χ1v) is 6.22. The number of pyridine rings is 1. The van der Waals surface area contributed by atoms with Crippen LogP contribution in [0.5, 0.6) is 11.5 Å². The summed E-state index contributed by atoms with van der Waals surface area (Å²) in [5.41, 5.74) is 7.90. The van der Waals surface area contributed by atoms with Crippen LogP contribution in [0.25, 0.3) is 10.9 Å². The molecule has 0 aliphatic carbocycles. The summed E-state index contributed by atoms with van der Waals surface area (Å²) in [6.07, 6.45) is 1.66. The summed E-state index contributed by atoms with van der Waals surface area (Å²) >= 11 is 0. The van der Waals surface area contributed by atoms with Gasteiger partial charge >= 0.3 is 0 Å². The van der Waals surface area contributed by atoms with E-state index in [2.05, 4.69) is 4.98 Å². The Bertz CT molecular complexity index is 787. The van der Waals surface area contributed by atoms with E-state index in [4.69, 9.17) is 10.5 Å². The van der Waals surface area contributed by atoms with Crippen LogP contribution in [0.1, 0.15) is 5.56 Å². The number of hydrogen-bond acceptors (Lipinski definition) is 3. The fraction of sp³-hybridized carbons (Fsp3) is 0.0625. The molecule has 0 aliphatic rings. The Hall–Kier alpha value is -2.62. The van der Waals surface area contributed by atoms with E-state index in [0.717, 1.165) is 16.5 Å². The second kappa shape index (κ2) is 4.81. The fourth-order valence-corrected chi connectivity index (χ4v) is 2.07. The maximum absolute atomic E-state index is 13.1. The molecule has 0 radical (unpaired) electrons. The maximum atomic E-state index is 13.1. The SMILES string of the molecule is Cc1cc(F)ccc1Oc1ccnc2cc(N)ccc12. The van der Waals surface area contributed by atoms with Gasteiger partial charge in [-0.25, -0.2) is 4.39 Å². The summed E-state index contributed by atoms with van der Waals surface area (Å²) < 4.78 is 19.0. The summed E-state index contributed by atoms with van der Waals surface area (Å²) in [6, 6.07) is 11.7. The van der Waals surface area contributed by atoms with E-state index >= 15 is 0 Å². The van der Waals surface area contributed by atoms with Crippen LogP contribution in [0, 0.1) is 12.7 Å². The van der Waals surface area contributed by atoms with Gasteiger partial charge in [0.15, 0.2) is 0 Å². The largest absolute Gasteiger partial charge is 0.456 e. The average Bonchev–Trinajstić information content (AvgIpc) is 2.41. The highest BCUT2D eigenvalue weighted by Gasteiger charge is 2.07. The zero-order valence-electron chi connectivity index (χ0n) is 10.9. The van der Waals surface area contributed by atoms with Crippen molar-refractivity contribution in [1.29, 1.82) is 0 Å². The predicted octanol–water partition coefficient (Wildman–Crippen LogP) is 4.06. The number of nitrogens with two attached hydrogens (primary N) is 1. The second-order valence-electron chi connectivity index (χ2n) is 4.60. The number of anilines is 1. The van der Waals surface area contributed by atoms with Crippen LogP contribution < -0.4 is 10.5 Å². The van der Waals surface area contributed by atoms with Crippen molar-refractivity contribution in [2.24, 2.45) is 0 Å². The molecule has 1 heterocycles. The Morgan fingerprint density at radius 3 is 2.70 bits per heavy atom. The monoisotopic (exact) mass is 268 g/mol. The van der Waals surface area contributed by atoms with E-state index in [1.165, 1.54) is 12.1 Å². The molecule has 100 valence electrons. The third kappa shape index (κ3) is 2.28. The number of ether oxygens (including phenoxy) is 1. The standard InChI is InChI=1S/C16H13FN2O/c1-10-8-11(17)2-5-15(10)20-16-6-7-19-14-9-12(18)3-4-13(14)16/h2-9H,18H2,1H3. The summed E-state index contributed by atoms with van der Waals surface area (Å²) in [6.45, 7) is 1.81. The third-order valence-electron chi connectivity index (χ3n) is 3.08. The Morgan fingerprint density at radius 2 is 1.90 bits per heavy atom. The molecule has 3 aromatic rings. The Kier molecular flexibility index (Phi) is 2.99. The molecular weight excluding hydrogens is 255 g/mol. The van der Waals surface area contributed by atoms with Crippen molar-refractivity contribution < 1.29 is 9.13 Å². The minimum absolute atomic E-state index is 0.276. The Morgan fingerprint density at radius 1 is 1.05 bits per heavy atom. The van der Waals surface area contributed by atoms with E-state index in [1.54, 1.807) is 37.4 Å². The van der Waals surface area contributed by atoms with Gasteiger partial charge in [-0.3, -0.25) is 4.98 Å². The van der Waals surface area contributed by atoms with Crippen molar-refractivity contribution in [3.63, 3.8) is 0 Å². The topological polar surface area (TPSA) is 48.1 Å². The number of nitrogens with zero attached hydrogens (tertiary/aromatic N) is 1. The number of hydrogen-bond donors (Lipinski definition) is 1. The van der Waals surface area contributed by atoms with Crippen molar-refractivity contribution >= 4 is 16.6 Å². The Balaban J connectivity index is 2.06. The van der Waals surface area contributed by atoms with E-state index in [9.17, 15) is 4.39 Å². The summed E-state index contributed by atoms with van der Waals surface area (Å²) in [5.74, 6) is 1.02. The Labute approximate surface area is 115 Å².